The lowest BCUT2D eigenvalue weighted by Crippen LogP contribution is -2.12. The second-order valence-corrected chi connectivity index (χ2v) is 4.65. The zero-order valence-electron chi connectivity index (χ0n) is 11.0. The number of anilines is 2. The summed E-state index contributed by atoms with van der Waals surface area (Å²) in [5, 5.41) is 3.74. The van der Waals surface area contributed by atoms with Crippen LogP contribution in [0.4, 0.5) is 11.4 Å². The van der Waals surface area contributed by atoms with E-state index in [1.54, 1.807) is 30.7 Å². The molecule has 0 aliphatic rings. The van der Waals surface area contributed by atoms with Gasteiger partial charge in [0.05, 0.1) is 5.56 Å². The topological polar surface area (TPSA) is 83.8 Å². The van der Waals surface area contributed by atoms with E-state index in [1.165, 1.54) is 0 Å². The molecule has 0 spiro atoms. The predicted molar refractivity (Wildman–Crippen MR) is 79.6 cm³/mol. The molecule has 2 aromatic heterocycles. The minimum absolute atomic E-state index is 0.157. The normalized spacial score (nSPS) is 10.7. The van der Waals surface area contributed by atoms with E-state index in [-0.39, 0.29) is 5.91 Å². The quantitative estimate of drug-likeness (QED) is 0.623. The molecule has 0 atom stereocenters. The molecule has 5 heteroatoms. The fraction of sp³-hybridized carbons (Fsp3) is 0.0667. The highest BCUT2D eigenvalue weighted by Gasteiger charge is 2.13. The van der Waals surface area contributed by atoms with Crippen LogP contribution in [0.3, 0.4) is 0 Å². The number of amides is 1. The molecule has 0 radical (unpaired) electrons. The van der Waals surface area contributed by atoms with E-state index in [9.17, 15) is 4.79 Å². The van der Waals surface area contributed by atoms with Crippen LogP contribution >= 0.6 is 0 Å². The molecule has 3 aromatic rings. The van der Waals surface area contributed by atoms with Gasteiger partial charge < -0.3 is 16.0 Å². The molecule has 0 saturated heterocycles. The minimum Gasteiger partial charge on any atom is -0.399 e. The van der Waals surface area contributed by atoms with Crippen molar-refractivity contribution in [2.45, 2.75) is 6.92 Å². The molecule has 1 aromatic carbocycles. The highest BCUT2D eigenvalue weighted by atomic mass is 16.1. The van der Waals surface area contributed by atoms with E-state index in [4.69, 9.17) is 5.73 Å². The number of carbonyl (C=O) groups is 1. The SMILES string of the molecule is Cc1cnccc1NC(=O)c1c[nH]c2cc(N)ccc12. The Labute approximate surface area is 115 Å². The molecule has 2 heterocycles. The van der Waals surface area contributed by atoms with Crippen molar-refractivity contribution in [1.82, 2.24) is 9.97 Å². The molecule has 20 heavy (non-hydrogen) atoms. The summed E-state index contributed by atoms with van der Waals surface area (Å²) in [5.41, 5.74) is 9.51. The number of nitrogens with zero attached hydrogens (tertiary/aromatic N) is 1. The number of nitrogens with two attached hydrogens (primary N) is 1. The Hall–Kier alpha value is -2.82. The number of benzene rings is 1. The molecule has 0 aliphatic heterocycles. The Kier molecular flexibility index (Phi) is 2.87. The van der Waals surface area contributed by atoms with Gasteiger partial charge in [-0.2, -0.15) is 0 Å². The van der Waals surface area contributed by atoms with Gasteiger partial charge in [-0.05, 0) is 36.8 Å². The van der Waals surface area contributed by atoms with Crippen LogP contribution in [0.5, 0.6) is 0 Å². The average Bonchev–Trinajstić information content (AvgIpc) is 2.84. The summed E-state index contributed by atoms with van der Waals surface area (Å²) in [6.45, 7) is 1.90. The number of carbonyl (C=O) groups excluding carboxylic acids is 1. The smallest absolute Gasteiger partial charge is 0.257 e. The van der Waals surface area contributed by atoms with Gasteiger partial charge in [0.15, 0.2) is 0 Å². The summed E-state index contributed by atoms with van der Waals surface area (Å²) in [6, 6.07) is 7.21. The molecule has 5 nitrogen and oxygen atoms in total. The molecular weight excluding hydrogens is 252 g/mol. The number of rotatable bonds is 2. The van der Waals surface area contributed by atoms with Gasteiger partial charge in [0, 0.05) is 40.9 Å². The molecular formula is C15H14N4O. The van der Waals surface area contributed by atoms with Crippen molar-refractivity contribution >= 4 is 28.2 Å². The van der Waals surface area contributed by atoms with Crippen molar-refractivity contribution in [2.24, 2.45) is 0 Å². The summed E-state index contributed by atoms with van der Waals surface area (Å²) in [6.07, 6.45) is 5.06. The van der Waals surface area contributed by atoms with E-state index < -0.39 is 0 Å². The molecule has 1 amide bonds. The first-order chi connectivity index (χ1) is 9.65. The van der Waals surface area contributed by atoms with Gasteiger partial charge in [0.25, 0.3) is 5.91 Å². The fourth-order valence-corrected chi connectivity index (χ4v) is 2.13. The second-order valence-electron chi connectivity index (χ2n) is 4.65. The molecule has 0 saturated carbocycles. The van der Waals surface area contributed by atoms with Crippen molar-refractivity contribution in [3.63, 3.8) is 0 Å². The Morgan fingerprint density at radius 3 is 3.00 bits per heavy atom. The molecule has 0 unspecified atom stereocenters. The average molecular weight is 266 g/mol. The molecule has 0 aliphatic carbocycles. The number of pyridine rings is 1. The van der Waals surface area contributed by atoms with E-state index in [0.29, 0.717) is 11.3 Å². The number of hydrogen-bond acceptors (Lipinski definition) is 3. The van der Waals surface area contributed by atoms with E-state index in [0.717, 1.165) is 22.2 Å². The zero-order valence-corrected chi connectivity index (χ0v) is 11.0. The second kappa shape index (κ2) is 4.70. The van der Waals surface area contributed by atoms with Crippen LogP contribution < -0.4 is 11.1 Å². The largest absolute Gasteiger partial charge is 0.399 e. The van der Waals surface area contributed by atoms with Gasteiger partial charge in [0.1, 0.15) is 0 Å². The maximum Gasteiger partial charge on any atom is 0.257 e. The van der Waals surface area contributed by atoms with E-state index >= 15 is 0 Å². The zero-order chi connectivity index (χ0) is 14.1. The number of aryl methyl sites for hydroxylation is 1. The van der Waals surface area contributed by atoms with Gasteiger partial charge >= 0.3 is 0 Å². The fourth-order valence-electron chi connectivity index (χ4n) is 2.13. The molecule has 0 bridgehead atoms. The van der Waals surface area contributed by atoms with Gasteiger partial charge in [-0.25, -0.2) is 0 Å². The molecule has 100 valence electrons. The lowest BCUT2D eigenvalue weighted by Gasteiger charge is -2.06. The van der Waals surface area contributed by atoms with Crippen LogP contribution in [0, 0.1) is 6.92 Å². The van der Waals surface area contributed by atoms with Crippen LogP contribution in [0.25, 0.3) is 10.9 Å². The molecule has 0 fully saturated rings. The number of nitrogens with one attached hydrogen (secondary N) is 2. The lowest BCUT2D eigenvalue weighted by molar-refractivity contribution is 0.102. The van der Waals surface area contributed by atoms with Crippen molar-refractivity contribution in [2.75, 3.05) is 11.1 Å². The van der Waals surface area contributed by atoms with Crippen molar-refractivity contribution in [1.29, 1.82) is 0 Å². The van der Waals surface area contributed by atoms with Gasteiger partial charge in [0.2, 0.25) is 0 Å². The maximum atomic E-state index is 12.3. The third-order valence-electron chi connectivity index (χ3n) is 3.22. The summed E-state index contributed by atoms with van der Waals surface area (Å²) >= 11 is 0. The van der Waals surface area contributed by atoms with Crippen molar-refractivity contribution < 1.29 is 4.79 Å². The number of H-pyrrole nitrogens is 1. The Bertz CT molecular complexity index is 791. The Morgan fingerprint density at radius 1 is 1.35 bits per heavy atom. The first kappa shape index (κ1) is 12.2. The minimum atomic E-state index is -0.157. The van der Waals surface area contributed by atoms with Crippen LogP contribution in [-0.4, -0.2) is 15.9 Å². The highest BCUT2D eigenvalue weighted by molar-refractivity contribution is 6.13. The number of aromatic amines is 1. The molecule has 4 N–H and O–H groups in total. The van der Waals surface area contributed by atoms with Gasteiger partial charge in [-0.15, -0.1) is 0 Å². The van der Waals surface area contributed by atoms with Crippen LogP contribution in [0.2, 0.25) is 0 Å². The number of nitrogen functional groups attached to an aromatic ring is 1. The van der Waals surface area contributed by atoms with Crippen LogP contribution in [0.1, 0.15) is 15.9 Å². The monoisotopic (exact) mass is 266 g/mol. The van der Waals surface area contributed by atoms with E-state index in [2.05, 4.69) is 15.3 Å². The first-order valence-electron chi connectivity index (χ1n) is 6.24. The highest BCUT2D eigenvalue weighted by Crippen LogP contribution is 2.22. The van der Waals surface area contributed by atoms with E-state index in [1.807, 2.05) is 19.1 Å². The predicted octanol–water partition coefficient (Wildman–Crippen LogP) is 2.71. The summed E-state index contributed by atoms with van der Waals surface area (Å²) in [5.74, 6) is -0.157. The number of aromatic nitrogens is 2. The molecule has 3 rings (SSSR count). The van der Waals surface area contributed by atoms with Crippen molar-refractivity contribution in [3.05, 3.63) is 54.0 Å². The van der Waals surface area contributed by atoms with Gasteiger partial charge in [-0.3, -0.25) is 9.78 Å². The Morgan fingerprint density at radius 2 is 2.20 bits per heavy atom. The summed E-state index contributed by atoms with van der Waals surface area (Å²) < 4.78 is 0. The summed E-state index contributed by atoms with van der Waals surface area (Å²) in [4.78, 5) is 19.4. The third-order valence-corrected chi connectivity index (χ3v) is 3.22. The summed E-state index contributed by atoms with van der Waals surface area (Å²) in [7, 11) is 0. The Balaban J connectivity index is 1.95. The number of hydrogen-bond donors (Lipinski definition) is 3. The maximum absolute atomic E-state index is 12.3. The lowest BCUT2D eigenvalue weighted by atomic mass is 10.1. The number of fused-ring (bicyclic) bond motifs is 1. The van der Waals surface area contributed by atoms with Gasteiger partial charge in [-0.1, -0.05) is 0 Å². The first-order valence-corrected chi connectivity index (χ1v) is 6.24. The standard InChI is InChI=1S/C15H14N4O/c1-9-7-17-5-4-13(9)19-15(20)12-8-18-14-6-10(16)2-3-11(12)14/h2-8,18H,16H2,1H3,(H,17,19,20). The third kappa shape index (κ3) is 2.09. The van der Waals surface area contributed by atoms with Crippen molar-refractivity contribution in [3.8, 4) is 0 Å². The van der Waals surface area contributed by atoms with Crippen LogP contribution in [0.15, 0.2) is 42.9 Å². The van der Waals surface area contributed by atoms with Crippen LogP contribution in [-0.2, 0) is 0 Å².